The molecule has 1 aliphatic rings. The van der Waals surface area contributed by atoms with Crippen LogP contribution in [0.2, 0.25) is 5.02 Å². The second kappa shape index (κ2) is 7.25. The van der Waals surface area contributed by atoms with Gasteiger partial charge in [-0.15, -0.1) is 0 Å². The van der Waals surface area contributed by atoms with E-state index in [-0.39, 0.29) is 10.8 Å². The van der Waals surface area contributed by atoms with Crippen LogP contribution >= 0.6 is 11.6 Å². The zero-order valence-corrected chi connectivity index (χ0v) is 12.3. The van der Waals surface area contributed by atoms with Gasteiger partial charge in [0.15, 0.2) is 0 Å². The van der Waals surface area contributed by atoms with Crippen molar-refractivity contribution in [2.24, 2.45) is 5.92 Å². The summed E-state index contributed by atoms with van der Waals surface area (Å²) in [4.78, 5) is 0. The van der Waals surface area contributed by atoms with Gasteiger partial charge in [-0.05, 0) is 43.0 Å². The minimum Gasteiger partial charge on any atom is -0.310 e. The van der Waals surface area contributed by atoms with E-state index in [0.717, 1.165) is 12.1 Å². The topological polar surface area (TPSA) is 12.0 Å². The Morgan fingerprint density at radius 2 is 1.95 bits per heavy atom. The van der Waals surface area contributed by atoms with Gasteiger partial charge in [0.1, 0.15) is 5.82 Å². The molecule has 1 nitrogen and oxygen atoms in total. The van der Waals surface area contributed by atoms with Crippen LogP contribution in [0, 0.1) is 11.7 Å². The lowest BCUT2D eigenvalue weighted by Gasteiger charge is -2.27. The number of benzene rings is 1. The smallest absolute Gasteiger partial charge is 0.141 e. The minimum atomic E-state index is -0.332. The van der Waals surface area contributed by atoms with Gasteiger partial charge >= 0.3 is 0 Å². The average molecular weight is 284 g/mol. The molecular formula is C16H23ClFN. The van der Waals surface area contributed by atoms with Crippen molar-refractivity contribution in [1.29, 1.82) is 0 Å². The van der Waals surface area contributed by atoms with Gasteiger partial charge in [-0.25, -0.2) is 4.39 Å². The van der Waals surface area contributed by atoms with Crippen LogP contribution in [0.3, 0.4) is 0 Å². The molecule has 106 valence electrons. The fraction of sp³-hybridized carbons (Fsp3) is 0.625. The fourth-order valence-electron chi connectivity index (χ4n) is 3.13. The van der Waals surface area contributed by atoms with Crippen molar-refractivity contribution in [2.45, 2.75) is 51.5 Å². The first-order chi connectivity index (χ1) is 9.22. The van der Waals surface area contributed by atoms with E-state index in [1.54, 1.807) is 6.07 Å². The second-order valence-corrected chi connectivity index (χ2v) is 5.87. The monoisotopic (exact) mass is 283 g/mol. The molecule has 0 radical (unpaired) electrons. The predicted octanol–water partition coefficient (Wildman–Crippen LogP) is 5.10. The summed E-state index contributed by atoms with van der Waals surface area (Å²) in [6.45, 7) is 3.05. The molecule has 0 aliphatic heterocycles. The van der Waals surface area contributed by atoms with Gasteiger partial charge in [0, 0.05) is 6.04 Å². The molecule has 1 saturated carbocycles. The summed E-state index contributed by atoms with van der Waals surface area (Å²) in [6, 6.07) is 5.45. The highest BCUT2D eigenvalue weighted by molar-refractivity contribution is 6.30. The number of hydrogen-bond acceptors (Lipinski definition) is 1. The van der Waals surface area contributed by atoms with Crippen molar-refractivity contribution in [3.63, 3.8) is 0 Å². The third-order valence-electron chi connectivity index (χ3n) is 4.10. The summed E-state index contributed by atoms with van der Waals surface area (Å²) in [5.41, 5.74) is 1.13. The van der Waals surface area contributed by atoms with Crippen LogP contribution in [-0.4, -0.2) is 6.54 Å². The minimum absolute atomic E-state index is 0.231. The third-order valence-corrected chi connectivity index (χ3v) is 4.39. The molecule has 0 aromatic heterocycles. The molecule has 2 rings (SSSR count). The van der Waals surface area contributed by atoms with Crippen molar-refractivity contribution < 1.29 is 4.39 Å². The molecule has 1 aromatic rings. The van der Waals surface area contributed by atoms with E-state index in [1.807, 2.05) is 6.07 Å². The standard InChI is InChI=1S/C16H23ClFN/c1-2-19-16(12-7-5-3-4-6-8-12)13-9-10-15(18)14(17)11-13/h9-12,16,19H,2-8H2,1H3. The summed E-state index contributed by atoms with van der Waals surface area (Å²) < 4.78 is 13.3. The molecule has 1 fully saturated rings. The molecule has 0 heterocycles. The highest BCUT2D eigenvalue weighted by atomic mass is 35.5. The van der Waals surface area contributed by atoms with E-state index < -0.39 is 0 Å². The number of halogens is 2. The van der Waals surface area contributed by atoms with Crippen LogP contribution in [-0.2, 0) is 0 Å². The Hall–Kier alpha value is -0.600. The van der Waals surface area contributed by atoms with E-state index in [4.69, 9.17) is 11.6 Å². The zero-order chi connectivity index (χ0) is 13.7. The SMILES string of the molecule is CCNC(c1ccc(F)c(Cl)c1)C1CCCCCC1. The zero-order valence-electron chi connectivity index (χ0n) is 11.6. The summed E-state index contributed by atoms with van der Waals surface area (Å²) in [5, 5.41) is 3.79. The highest BCUT2D eigenvalue weighted by Gasteiger charge is 2.24. The maximum atomic E-state index is 13.3. The first kappa shape index (κ1) is 14.8. The summed E-state index contributed by atoms with van der Waals surface area (Å²) in [5.74, 6) is 0.311. The number of nitrogens with one attached hydrogen (secondary N) is 1. The Bertz CT molecular complexity index is 400. The van der Waals surface area contributed by atoms with Crippen molar-refractivity contribution in [1.82, 2.24) is 5.32 Å². The van der Waals surface area contributed by atoms with Crippen LogP contribution in [0.5, 0.6) is 0 Å². The highest BCUT2D eigenvalue weighted by Crippen LogP contribution is 2.34. The van der Waals surface area contributed by atoms with Gasteiger partial charge in [-0.3, -0.25) is 0 Å². The Morgan fingerprint density at radius 3 is 2.53 bits per heavy atom. The predicted molar refractivity (Wildman–Crippen MR) is 79.0 cm³/mol. The van der Waals surface area contributed by atoms with Gasteiger partial charge < -0.3 is 5.32 Å². The molecule has 1 unspecified atom stereocenters. The van der Waals surface area contributed by atoms with Gasteiger partial charge in [-0.2, -0.15) is 0 Å². The van der Waals surface area contributed by atoms with Crippen molar-refractivity contribution >= 4 is 11.6 Å². The van der Waals surface area contributed by atoms with E-state index in [1.165, 1.54) is 44.6 Å². The van der Waals surface area contributed by atoms with Gasteiger partial charge in [0.2, 0.25) is 0 Å². The average Bonchev–Trinajstić information content (AvgIpc) is 2.68. The molecule has 0 amide bonds. The van der Waals surface area contributed by atoms with E-state index in [0.29, 0.717) is 12.0 Å². The Labute approximate surface area is 120 Å². The molecule has 0 spiro atoms. The number of hydrogen-bond donors (Lipinski definition) is 1. The summed E-state index contributed by atoms with van der Waals surface area (Å²) in [7, 11) is 0. The molecule has 1 aliphatic carbocycles. The van der Waals surface area contributed by atoms with Crippen molar-refractivity contribution in [2.75, 3.05) is 6.54 Å². The molecule has 0 saturated heterocycles. The lowest BCUT2D eigenvalue weighted by molar-refractivity contribution is 0.330. The lowest BCUT2D eigenvalue weighted by Crippen LogP contribution is -2.28. The van der Waals surface area contributed by atoms with Crippen LogP contribution in [0.1, 0.15) is 57.1 Å². The first-order valence-corrected chi connectivity index (χ1v) is 7.78. The Morgan fingerprint density at radius 1 is 1.26 bits per heavy atom. The Kier molecular flexibility index (Phi) is 5.65. The maximum absolute atomic E-state index is 13.3. The Balaban J connectivity index is 2.19. The van der Waals surface area contributed by atoms with Crippen LogP contribution in [0.4, 0.5) is 4.39 Å². The molecule has 3 heteroatoms. The van der Waals surface area contributed by atoms with Crippen LogP contribution in [0.25, 0.3) is 0 Å². The fourth-order valence-corrected chi connectivity index (χ4v) is 3.32. The summed E-state index contributed by atoms with van der Waals surface area (Å²) in [6.07, 6.45) is 7.82. The molecule has 1 atom stereocenters. The van der Waals surface area contributed by atoms with Gasteiger partial charge in [-0.1, -0.05) is 50.3 Å². The van der Waals surface area contributed by atoms with Gasteiger partial charge in [0.25, 0.3) is 0 Å². The summed E-state index contributed by atoms with van der Waals surface area (Å²) >= 11 is 5.93. The molecule has 0 bridgehead atoms. The first-order valence-electron chi connectivity index (χ1n) is 7.40. The lowest BCUT2D eigenvalue weighted by atomic mass is 9.87. The molecular weight excluding hydrogens is 261 g/mol. The normalized spacial score (nSPS) is 19.1. The molecule has 1 N–H and O–H groups in total. The molecule has 19 heavy (non-hydrogen) atoms. The van der Waals surface area contributed by atoms with Crippen LogP contribution < -0.4 is 5.32 Å². The van der Waals surface area contributed by atoms with E-state index >= 15 is 0 Å². The van der Waals surface area contributed by atoms with Crippen LogP contribution in [0.15, 0.2) is 18.2 Å². The van der Waals surface area contributed by atoms with Crippen molar-refractivity contribution in [3.8, 4) is 0 Å². The largest absolute Gasteiger partial charge is 0.310 e. The molecule has 1 aromatic carbocycles. The number of rotatable bonds is 4. The van der Waals surface area contributed by atoms with Crippen molar-refractivity contribution in [3.05, 3.63) is 34.6 Å². The third kappa shape index (κ3) is 3.93. The maximum Gasteiger partial charge on any atom is 0.141 e. The van der Waals surface area contributed by atoms with E-state index in [2.05, 4.69) is 12.2 Å². The quantitative estimate of drug-likeness (QED) is 0.758. The van der Waals surface area contributed by atoms with Gasteiger partial charge in [0.05, 0.1) is 5.02 Å². The van der Waals surface area contributed by atoms with E-state index in [9.17, 15) is 4.39 Å². The second-order valence-electron chi connectivity index (χ2n) is 5.46.